The molecule has 1 rings (SSSR count). The van der Waals surface area contributed by atoms with Gasteiger partial charge in [-0.3, -0.25) is 4.18 Å². The molecule has 0 aliphatic carbocycles. The molecule has 0 atom stereocenters. The maximum absolute atomic E-state index is 12.9. The summed E-state index contributed by atoms with van der Waals surface area (Å²) in [5.41, 5.74) is -6.52. The monoisotopic (exact) mass is 276 g/mol. The third-order valence-electron chi connectivity index (χ3n) is 1.70. The number of alkyl halides is 3. The molecule has 0 aliphatic heterocycles. The van der Waals surface area contributed by atoms with Gasteiger partial charge in [0.2, 0.25) is 0 Å². The Bertz CT molecular complexity index is 488. The molecule has 0 radical (unpaired) electrons. The summed E-state index contributed by atoms with van der Waals surface area (Å²) in [7, 11) is -5.86. The molecule has 1 aromatic rings. The molecule has 0 fully saturated rings. The van der Waals surface area contributed by atoms with Crippen molar-refractivity contribution >= 4 is 10.1 Å². The summed E-state index contributed by atoms with van der Waals surface area (Å²) >= 11 is 0. The molecule has 0 bridgehead atoms. The summed E-state index contributed by atoms with van der Waals surface area (Å²) in [6.45, 7) is -1.36. The molecule has 1 aromatic carbocycles. The van der Waals surface area contributed by atoms with Gasteiger partial charge in [0.25, 0.3) is 0 Å². The van der Waals surface area contributed by atoms with Gasteiger partial charge in [0, 0.05) is 0 Å². The second-order valence-electron chi connectivity index (χ2n) is 2.86. The molecule has 0 aromatic heterocycles. The van der Waals surface area contributed by atoms with E-state index in [9.17, 15) is 30.4 Å². The predicted molar refractivity (Wildman–Crippen MR) is 46.1 cm³/mol. The summed E-state index contributed by atoms with van der Waals surface area (Å²) in [4.78, 5) is 0. The third kappa shape index (κ3) is 3.13. The normalized spacial score (nSPS) is 12.8. The van der Waals surface area contributed by atoms with Gasteiger partial charge in [-0.05, 0) is 12.1 Å². The van der Waals surface area contributed by atoms with Crippen LogP contribution in [-0.2, 0) is 20.9 Å². The van der Waals surface area contributed by atoms with Crippen LogP contribution in [-0.4, -0.2) is 13.9 Å². The molecule has 0 N–H and O–H groups in total. The summed E-state index contributed by atoms with van der Waals surface area (Å²) in [6.07, 6.45) is 0. The van der Waals surface area contributed by atoms with Crippen LogP contribution < -0.4 is 0 Å². The molecule has 3 nitrogen and oxygen atoms in total. The van der Waals surface area contributed by atoms with Crippen molar-refractivity contribution < 1.29 is 34.6 Å². The molecule has 0 spiro atoms. The average Bonchev–Trinajstić information content (AvgIpc) is 2.15. The van der Waals surface area contributed by atoms with Crippen LogP contribution in [0.3, 0.4) is 0 Å². The zero-order chi connectivity index (χ0) is 13.3. The second kappa shape index (κ2) is 4.57. The Kier molecular flexibility index (Phi) is 3.72. The van der Waals surface area contributed by atoms with Crippen molar-refractivity contribution in [2.45, 2.75) is 12.1 Å². The summed E-state index contributed by atoms with van der Waals surface area (Å²) in [5, 5.41) is 0. The van der Waals surface area contributed by atoms with Gasteiger partial charge in [0.15, 0.2) is 0 Å². The molecule has 0 aliphatic rings. The standard InChI is InChI=1S/C8H5F5O3S/c9-6-2-1-3-7(10)5(6)4-16-17(14,15)8(11,12)13/h1-3H,4H2. The van der Waals surface area contributed by atoms with Crippen LogP contribution in [0, 0.1) is 11.6 Å². The lowest BCUT2D eigenvalue weighted by atomic mass is 10.2. The molecule has 0 saturated heterocycles. The van der Waals surface area contributed by atoms with Crippen LogP contribution in [0.5, 0.6) is 0 Å². The van der Waals surface area contributed by atoms with Gasteiger partial charge in [-0.2, -0.15) is 21.6 Å². The lowest BCUT2D eigenvalue weighted by Crippen LogP contribution is -2.25. The van der Waals surface area contributed by atoms with E-state index in [-0.39, 0.29) is 0 Å². The number of hydrogen-bond donors (Lipinski definition) is 0. The highest BCUT2D eigenvalue weighted by atomic mass is 32.2. The number of hydrogen-bond acceptors (Lipinski definition) is 3. The largest absolute Gasteiger partial charge is 0.523 e. The minimum atomic E-state index is -5.86. The first kappa shape index (κ1) is 13.8. The highest BCUT2D eigenvalue weighted by Crippen LogP contribution is 2.26. The van der Waals surface area contributed by atoms with Gasteiger partial charge in [-0.15, -0.1) is 0 Å². The van der Waals surface area contributed by atoms with Gasteiger partial charge in [-0.1, -0.05) is 6.07 Å². The lowest BCUT2D eigenvalue weighted by Gasteiger charge is -2.09. The SMILES string of the molecule is O=S(=O)(OCc1c(F)cccc1F)C(F)(F)F. The van der Waals surface area contributed by atoms with Crippen LogP contribution in [0.1, 0.15) is 5.56 Å². The van der Waals surface area contributed by atoms with Crippen molar-refractivity contribution in [1.82, 2.24) is 0 Å². The van der Waals surface area contributed by atoms with E-state index in [0.717, 1.165) is 18.2 Å². The summed E-state index contributed by atoms with van der Waals surface area (Å²) in [6, 6.07) is 2.51. The first-order valence-corrected chi connectivity index (χ1v) is 5.44. The van der Waals surface area contributed by atoms with Crippen LogP contribution >= 0.6 is 0 Å². The van der Waals surface area contributed by atoms with E-state index >= 15 is 0 Å². The molecule has 17 heavy (non-hydrogen) atoms. The minimum absolute atomic E-state index is 0.766. The molecule has 0 amide bonds. The van der Waals surface area contributed by atoms with E-state index in [1.54, 1.807) is 0 Å². The van der Waals surface area contributed by atoms with Crippen LogP contribution in [0.25, 0.3) is 0 Å². The Balaban J connectivity index is 2.89. The molecule has 9 heteroatoms. The molecule has 96 valence electrons. The summed E-state index contributed by atoms with van der Waals surface area (Å²) < 4.78 is 85.8. The highest BCUT2D eigenvalue weighted by Gasteiger charge is 2.47. The van der Waals surface area contributed by atoms with Gasteiger partial charge in [0.05, 0.1) is 12.2 Å². The van der Waals surface area contributed by atoms with E-state index in [4.69, 9.17) is 0 Å². The number of benzene rings is 1. The van der Waals surface area contributed by atoms with Crippen molar-refractivity contribution in [2.75, 3.05) is 0 Å². The van der Waals surface area contributed by atoms with Crippen molar-refractivity contribution in [3.8, 4) is 0 Å². The molecule has 0 heterocycles. The Morgan fingerprint density at radius 2 is 1.59 bits per heavy atom. The molecule has 0 unspecified atom stereocenters. The number of rotatable bonds is 3. The third-order valence-corrected chi connectivity index (χ3v) is 2.70. The zero-order valence-corrected chi connectivity index (χ0v) is 8.78. The predicted octanol–water partition coefficient (Wildman–Crippen LogP) is 2.33. The fourth-order valence-electron chi connectivity index (χ4n) is 0.874. The molecular formula is C8H5F5O3S. The fourth-order valence-corrected chi connectivity index (χ4v) is 1.28. The Morgan fingerprint density at radius 3 is 2.00 bits per heavy atom. The minimum Gasteiger partial charge on any atom is -0.258 e. The molecule has 0 saturated carbocycles. The van der Waals surface area contributed by atoms with Gasteiger partial charge in [0.1, 0.15) is 11.6 Å². The average molecular weight is 276 g/mol. The molecular weight excluding hydrogens is 271 g/mol. The Morgan fingerprint density at radius 1 is 1.12 bits per heavy atom. The van der Waals surface area contributed by atoms with E-state index < -0.39 is 39.4 Å². The van der Waals surface area contributed by atoms with Crippen molar-refractivity contribution in [2.24, 2.45) is 0 Å². The van der Waals surface area contributed by atoms with Gasteiger partial charge < -0.3 is 0 Å². The maximum atomic E-state index is 12.9. The highest BCUT2D eigenvalue weighted by molar-refractivity contribution is 7.87. The zero-order valence-electron chi connectivity index (χ0n) is 7.96. The van der Waals surface area contributed by atoms with Crippen LogP contribution in [0.2, 0.25) is 0 Å². The van der Waals surface area contributed by atoms with Crippen molar-refractivity contribution in [3.63, 3.8) is 0 Å². The first-order chi connectivity index (χ1) is 7.65. The second-order valence-corrected chi connectivity index (χ2v) is 4.47. The fraction of sp³-hybridized carbons (Fsp3) is 0.250. The number of halogens is 5. The van der Waals surface area contributed by atoms with E-state index in [1.807, 2.05) is 0 Å². The van der Waals surface area contributed by atoms with E-state index in [1.165, 1.54) is 0 Å². The maximum Gasteiger partial charge on any atom is 0.523 e. The Hall–Kier alpha value is -1.22. The van der Waals surface area contributed by atoms with Crippen molar-refractivity contribution in [1.29, 1.82) is 0 Å². The quantitative estimate of drug-likeness (QED) is 0.483. The van der Waals surface area contributed by atoms with Crippen LogP contribution in [0.15, 0.2) is 18.2 Å². The van der Waals surface area contributed by atoms with Crippen LogP contribution in [0.4, 0.5) is 22.0 Å². The smallest absolute Gasteiger partial charge is 0.258 e. The van der Waals surface area contributed by atoms with Gasteiger partial charge in [-0.25, -0.2) is 8.78 Å². The van der Waals surface area contributed by atoms with Crippen molar-refractivity contribution in [3.05, 3.63) is 35.4 Å². The Labute approximate surface area is 92.9 Å². The lowest BCUT2D eigenvalue weighted by molar-refractivity contribution is -0.0549. The summed E-state index contributed by atoms with van der Waals surface area (Å²) in [5.74, 6) is -2.38. The van der Waals surface area contributed by atoms with E-state index in [0.29, 0.717) is 0 Å². The van der Waals surface area contributed by atoms with E-state index in [2.05, 4.69) is 4.18 Å². The van der Waals surface area contributed by atoms with Gasteiger partial charge >= 0.3 is 15.6 Å². The first-order valence-electron chi connectivity index (χ1n) is 4.04. The topological polar surface area (TPSA) is 43.4 Å².